The highest BCUT2D eigenvalue weighted by Crippen LogP contribution is 2.52. The van der Waals surface area contributed by atoms with Gasteiger partial charge in [-0.1, -0.05) is 53.0 Å². The zero-order valence-electron chi connectivity index (χ0n) is 18.7. The topological polar surface area (TPSA) is 30.5 Å². The first-order chi connectivity index (χ1) is 16.4. The molecule has 1 N–H and O–H groups in total. The third-order valence-electron chi connectivity index (χ3n) is 6.63. The fourth-order valence-electron chi connectivity index (χ4n) is 5.02. The van der Waals surface area contributed by atoms with E-state index in [2.05, 4.69) is 58.5 Å². The number of halogens is 4. The molecule has 3 aromatic rings. The number of anilines is 1. The van der Waals surface area contributed by atoms with Gasteiger partial charge in [0.1, 0.15) is 6.61 Å². The number of rotatable bonds is 5. The van der Waals surface area contributed by atoms with Crippen molar-refractivity contribution in [2.75, 3.05) is 12.4 Å². The van der Waals surface area contributed by atoms with Crippen LogP contribution in [-0.4, -0.2) is 7.11 Å². The molecule has 0 spiro atoms. The Morgan fingerprint density at radius 2 is 1.88 bits per heavy atom. The number of benzene rings is 3. The predicted molar refractivity (Wildman–Crippen MR) is 144 cm³/mol. The second-order valence-electron chi connectivity index (χ2n) is 8.72. The van der Waals surface area contributed by atoms with Gasteiger partial charge in [-0.2, -0.15) is 0 Å². The van der Waals surface area contributed by atoms with E-state index < -0.39 is 0 Å². The lowest BCUT2D eigenvalue weighted by Crippen LogP contribution is -2.29. The van der Waals surface area contributed by atoms with Crippen molar-refractivity contribution in [3.05, 3.63) is 96.4 Å². The van der Waals surface area contributed by atoms with Gasteiger partial charge < -0.3 is 14.8 Å². The van der Waals surface area contributed by atoms with Crippen LogP contribution in [0.5, 0.6) is 11.5 Å². The van der Waals surface area contributed by atoms with Gasteiger partial charge in [-0.25, -0.2) is 0 Å². The van der Waals surface area contributed by atoms with E-state index in [1.807, 2.05) is 12.1 Å². The lowest BCUT2D eigenvalue weighted by molar-refractivity contribution is 0.282. The summed E-state index contributed by atoms with van der Waals surface area (Å²) in [6, 6.07) is 13.8. The molecule has 3 atom stereocenters. The van der Waals surface area contributed by atoms with Crippen LogP contribution in [-0.2, 0) is 6.61 Å². The summed E-state index contributed by atoms with van der Waals surface area (Å²) in [5, 5.41) is 5.75. The molecule has 3 aromatic carbocycles. The largest absolute Gasteiger partial charge is 0.493 e. The number of methoxy groups -OCH3 is 1. The van der Waals surface area contributed by atoms with E-state index in [4.69, 9.17) is 44.3 Å². The Balaban J connectivity index is 1.47. The molecule has 3 nitrogen and oxygen atoms in total. The summed E-state index contributed by atoms with van der Waals surface area (Å²) in [5.41, 5.74) is 5.57. The maximum absolute atomic E-state index is 6.39. The highest BCUT2D eigenvalue weighted by atomic mass is 79.9. The molecule has 1 aliphatic heterocycles. The van der Waals surface area contributed by atoms with Crippen LogP contribution >= 0.6 is 50.7 Å². The molecule has 0 radical (unpaired) electrons. The van der Waals surface area contributed by atoms with Crippen LogP contribution in [0.1, 0.15) is 40.6 Å². The third-order valence-corrected chi connectivity index (χ3v) is 8.02. The van der Waals surface area contributed by atoms with Crippen LogP contribution in [0.25, 0.3) is 0 Å². The summed E-state index contributed by atoms with van der Waals surface area (Å²) in [6.07, 6.45) is 5.59. The molecule has 0 fully saturated rings. The average molecular weight is 580 g/mol. The lowest BCUT2D eigenvalue weighted by atomic mass is 9.76. The molecule has 1 heterocycles. The van der Waals surface area contributed by atoms with Crippen molar-refractivity contribution in [3.63, 3.8) is 0 Å². The van der Waals surface area contributed by atoms with Crippen molar-refractivity contribution in [2.24, 2.45) is 5.92 Å². The van der Waals surface area contributed by atoms with Gasteiger partial charge >= 0.3 is 0 Å². The molecule has 0 saturated heterocycles. The number of aryl methyl sites for hydroxylation is 1. The van der Waals surface area contributed by atoms with E-state index in [0.717, 1.165) is 38.3 Å². The molecular weight excluding hydrogens is 557 g/mol. The normalized spacial score (nSPS) is 20.5. The highest BCUT2D eigenvalue weighted by molar-refractivity contribution is 9.10. The Labute approximate surface area is 223 Å². The maximum atomic E-state index is 6.39. The molecule has 1 aliphatic carbocycles. The second kappa shape index (κ2) is 9.66. The molecule has 0 amide bonds. The van der Waals surface area contributed by atoms with Gasteiger partial charge in [0.2, 0.25) is 0 Å². The number of allylic oxidation sites excluding steroid dienone is 2. The van der Waals surface area contributed by atoms with Crippen LogP contribution in [0, 0.1) is 12.8 Å². The summed E-state index contributed by atoms with van der Waals surface area (Å²) in [7, 11) is 1.66. The van der Waals surface area contributed by atoms with Gasteiger partial charge in [-0.3, -0.25) is 0 Å². The summed E-state index contributed by atoms with van der Waals surface area (Å²) < 4.78 is 12.7. The van der Waals surface area contributed by atoms with Crippen molar-refractivity contribution in [2.45, 2.75) is 31.9 Å². The van der Waals surface area contributed by atoms with Crippen molar-refractivity contribution < 1.29 is 9.47 Å². The smallest absolute Gasteiger partial charge is 0.175 e. The Kier molecular flexibility index (Phi) is 6.78. The van der Waals surface area contributed by atoms with Crippen molar-refractivity contribution >= 4 is 56.4 Å². The van der Waals surface area contributed by atoms with Gasteiger partial charge in [-0.15, -0.1) is 0 Å². The Bertz CT molecular complexity index is 1290. The molecular formula is C27H23BrCl3NO2. The summed E-state index contributed by atoms with van der Waals surface area (Å²) >= 11 is 22.4. The number of fused-ring (bicyclic) bond motifs is 3. The molecule has 5 rings (SSSR count). The minimum absolute atomic E-state index is 0.123. The first kappa shape index (κ1) is 23.9. The highest BCUT2D eigenvalue weighted by Gasteiger charge is 2.39. The SMILES string of the molecule is COc1cc([C@@H]2Nc3c(C)cc(Cl)cc3[C@@H]3C=CC[C@H]32)cc(Br)c1OCc1ccc(Cl)cc1Cl. The summed E-state index contributed by atoms with van der Waals surface area (Å²) in [4.78, 5) is 0. The van der Waals surface area contributed by atoms with E-state index in [9.17, 15) is 0 Å². The lowest BCUT2D eigenvalue weighted by Gasteiger charge is -2.38. The van der Waals surface area contributed by atoms with Crippen LogP contribution in [0.4, 0.5) is 5.69 Å². The van der Waals surface area contributed by atoms with Gasteiger partial charge in [0.25, 0.3) is 0 Å². The molecule has 176 valence electrons. The Hall–Kier alpha value is -1.85. The molecule has 7 heteroatoms. The number of ether oxygens (including phenoxy) is 2. The molecule has 0 unspecified atom stereocenters. The van der Waals surface area contributed by atoms with Crippen LogP contribution in [0.3, 0.4) is 0 Å². The quantitative estimate of drug-likeness (QED) is 0.306. The van der Waals surface area contributed by atoms with Crippen molar-refractivity contribution in [1.82, 2.24) is 0 Å². The van der Waals surface area contributed by atoms with Gasteiger partial charge in [0, 0.05) is 32.2 Å². The van der Waals surface area contributed by atoms with Gasteiger partial charge in [0.05, 0.1) is 17.6 Å². The second-order valence-corrected chi connectivity index (χ2v) is 10.9. The van der Waals surface area contributed by atoms with Crippen LogP contribution in [0.15, 0.2) is 59.1 Å². The minimum atomic E-state index is 0.123. The van der Waals surface area contributed by atoms with Crippen LogP contribution < -0.4 is 14.8 Å². The van der Waals surface area contributed by atoms with Gasteiger partial charge in [0.15, 0.2) is 11.5 Å². The zero-order valence-corrected chi connectivity index (χ0v) is 22.5. The van der Waals surface area contributed by atoms with E-state index in [1.54, 1.807) is 19.2 Å². The van der Waals surface area contributed by atoms with E-state index in [1.165, 1.54) is 5.56 Å². The fraction of sp³-hybridized carbons (Fsp3) is 0.259. The molecule has 34 heavy (non-hydrogen) atoms. The first-order valence-corrected chi connectivity index (χ1v) is 13.0. The molecule has 0 saturated carbocycles. The van der Waals surface area contributed by atoms with E-state index in [0.29, 0.717) is 40.0 Å². The maximum Gasteiger partial charge on any atom is 0.175 e. The standard InChI is InChI=1S/C27H23BrCl3NO2/c1-14-8-18(30)11-21-19-4-3-5-20(19)26(32-25(14)21)16-9-22(28)27(24(10-16)33-2)34-13-15-6-7-17(29)12-23(15)31/h3-4,6-12,19-20,26,32H,5,13H2,1-2H3/t19-,20-,26+/m1/s1. The summed E-state index contributed by atoms with van der Waals surface area (Å²) in [5.74, 6) is 2.02. The monoisotopic (exact) mass is 577 g/mol. The summed E-state index contributed by atoms with van der Waals surface area (Å²) in [6.45, 7) is 2.40. The molecule has 0 bridgehead atoms. The molecule has 0 aromatic heterocycles. The van der Waals surface area contributed by atoms with Crippen molar-refractivity contribution in [3.8, 4) is 11.5 Å². The minimum Gasteiger partial charge on any atom is -0.493 e. The Morgan fingerprint density at radius 1 is 1.06 bits per heavy atom. The third kappa shape index (κ3) is 4.42. The number of nitrogens with one attached hydrogen (secondary N) is 1. The number of hydrogen-bond acceptors (Lipinski definition) is 3. The van der Waals surface area contributed by atoms with Gasteiger partial charge in [-0.05, 0) is 88.3 Å². The first-order valence-electron chi connectivity index (χ1n) is 11.0. The van der Waals surface area contributed by atoms with E-state index in [-0.39, 0.29) is 6.04 Å². The van der Waals surface area contributed by atoms with E-state index >= 15 is 0 Å². The Morgan fingerprint density at radius 3 is 2.65 bits per heavy atom. The average Bonchev–Trinajstić information content (AvgIpc) is 3.29. The predicted octanol–water partition coefficient (Wildman–Crippen LogP) is 9.13. The zero-order chi connectivity index (χ0) is 24.0. The molecule has 2 aliphatic rings. The fourth-order valence-corrected chi connectivity index (χ4v) is 6.34. The van der Waals surface area contributed by atoms with Crippen LogP contribution in [0.2, 0.25) is 15.1 Å². The number of hydrogen-bond donors (Lipinski definition) is 1. The van der Waals surface area contributed by atoms with Crippen molar-refractivity contribution in [1.29, 1.82) is 0 Å².